The van der Waals surface area contributed by atoms with Crippen LogP contribution < -0.4 is 10.1 Å². The maximum absolute atomic E-state index is 14.2. The normalized spacial score (nSPS) is 17.6. The zero-order valence-corrected chi connectivity index (χ0v) is 29.3. The number of hydrogen-bond acceptors (Lipinski definition) is 5. The van der Waals surface area contributed by atoms with E-state index in [-0.39, 0.29) is 42.6 Å². The summed E-state index contributed by atoms with van der Waals surface area (Å²) in [5.41, 5.74) is 3.81. The molecule has 3 aromatic rings. The molecular weight excluding hydrogens is 677 g/mol. The number of amides is 2. The molecule has 8 nitrogen and oxygen atoms in total. The Morgan fingerprint density at radius 3 is 2.44 bits per heavy atom. The van der Waals surface area contributed by atoms with Crippen molar-refractivity contribution in [1.29, 1.82) is 0 Å². The second-order valence-electron chi connectivity index (χ2n) is 13.3. The van der Waals surface area contributed by atoms with E-state index < -0.39 is 11.4 Å². The van der Waals surface area contributed by atoms with Gasteiger partial charge in [0.25, 0.3) is 5.91 Å². The predicted octanol–water partition coefficient (Wildman–Crippen LogP) is 6.13. The Hall–Kier alpha value is -4.02. The van der Waals surface area contributed by atoms with Crippen molar-refractivity contribution < 1.29 is 28.6 Å². The number of fused-ring (bicyclic) bond motifs is 2. The van der Waals surface area contributed by atoms with Crippen molar-refractivity contribution in [1.82, 2.24) is 15.1 Å². The molecule has 0 aliphatic carbocycles. The molecule has 3 aromatic carbocycles. The number of nitrogens with one attached hydrogen (secondary N) is 1. The van der Waals surface area contributed by atoms with Crippen LogP contribution in [0.25, 0.3) is 5.57 Å². The molecular formula is C38H43BrFN3O5. The first kappa shape index (κ1) is 35.3. The van der Waals surface area contributed by atoms with Crippen LogP contribution in [0.4, 0.5) is 4.39 Å². The molecule has 2 heterocycles. The summed E-state index contributed by atoms with van der Waals surface area (Å²) in [7, 11) is 1.82. The summed E-state index contributed by atoms with van der Waals surface area (Å²) in [6.07, 6.45) is 2.30. The van der Waals surface area contributed by atoms with E-state index in [2.05, 4.69) is 33.4 Å². The third-order valence-electron chi connectivity index (χ3n) is 9.30. The van der Waals surface area contributed by atoms with Gasteiger partial charge in [-0.25, -0.2) is 4.39 Å². The molecule has 48 heavy (non-hydrogen) atoms. The number of carbonyl (C=O) groups is 3. The lowest BCUT2D eigenvalue weighted by Gasteiger charge is -2.45. The van der Waals surface area contributed by atoms with Gasteiger partial charge >= 0.3 is 5.97 Å². The molecule has 0 radical (unpaired) electrons. The molecule has 2 bridgehead atoms. The maximum Gasteiger partial charge on any atom is 0.309 e. The Morgan fingerprint density at radius 2 is 1.73 bits per heavy atom. The average Bonchev–Trinajstić information content (AvgIpc) is 3.07. The molecule has 0 unspecified atom stereocenters. The number of ether oxygens (including phenoxy) is 1. The number of piperazine rings is 1. The fourth-order valence-electron chi connectivity index (χ4n) is 6.24. The first-order valence-corrected chi connectivity index (χ1v) is 17.2. The molecule has 0 spiro atoms. The van der Waals surface area contributed by atoms with Gasteiger partial charge in [-0.1, -0.05) is 54.6 Å². The van der Waals surface area contributed by atoms with E-state index in [9.17, 15) is 23.9 Å². The lowest BCUT2D eigenvalue weighted by atomic mass is 9.82. The third kappa shape index (κ3) is 8.71. The lowest BCUT2D eigenvalue weighted by Crippen LogP contribution is -2.62. The minimum absolute atomic E-state index is 0.0425. The molecule has 2 atom stereocenters. The number of carboxylic acid groups (broad SMARTS) is 1. The van der Waals surface area contributed by atoms with Crippen molar-refractivity contribution in [2.24, 2.45) is 5.41 Å². The predicted molar refractivity (Wildman–Crippen MR) is 187 cm³/mol. The number of aliphatic carboxylic acids is 1. The highest BCUT2D eigenvalue weighted by Gasteiger charge is 2.40. The molecule has 10 heteroatoms. The number of likely N-dealkylation sites (N-methyl/N-ethyl adjacent to an activating group) is 1. The largest absolute Gasteiger partial charge is 0.492 e. The van der Waals surface area contributed by atoms with E-state index in [0.29, 0.717) is 54.9 Å². The second-order valence-corrected chi connectivity index (χ2v) is 14.2. The van der Waals surface area contributed by atoms with Gasteiger partial charge in [0.2, 0.25) is 5.91 Å². The van der Waals surface area contributed by atoms with Crippen LogP contribution in [-0.2, 0) is 27.2 Å². The van der Waals surface area contributed by atoms with E-state index in [1.807, 2.05) is 49.5 Å². The molecule has 254 valence electrons. The number of benzene rings is 3. The van der Waals surface area contributed by atoms with Gasteiger partial charge in [0.1, 0.15) is 11.6 Å². The monoisotopic (exact) mass is 719 g/mol. The van der Waals surface area contributed by atoms with Gasteiger partial charge in [-0.2, -0.15) is 0 Å². The first-order chi connectivity index (χ1) is 22.9. The molecule has 0 aromatic heterocycles. The molecule has 1 fully saturated rings. The van der Waals surface area contributed by atoms with E-state index in [4.69, 9.17) is 4.74 Å². The van der Waals surface area contributed by atoms with Gasteiger partial charge in [0.15, 0.2) is 0 Å². The Bertz CT molecular complexity index is 1660. The standard InChI is InChI=1S/C38H43BrFN3O5/c1-38(2,37(46)47)18-15-34(44)43-23-29-22-30(27-11-9-26(10-12-27)17-20-48-33-21-28(40)13-14-31(33)39)35(32(24-43)41-29)36(45)42(3)19-16-25-7-5-4-6-8-25/h4-14,21,29,32,41H,15-20,22-24H2,1-3H3,(H,46,47)/t29-,32-/m1/s1. The number of carbonyl (C=O) groups excluding carboxylic acids is 2. The molecule has 2 aliphatic rings. The molecule has 2 aliphatic heterocycles. The number of rotatable bonds is 13. The van der Waals surface area contributed by atoms with Crippen LogP contribution in [0.5, 0.6) is 5.75 Å². The van der Waals surface area contributed by atoms with Crippen molar-refractivity contribution in [2.75, 3.05) is 33.3 Å². The van der Waals surface area contributed by atoms with Crippen molar-refractivity contribution >= 4 is 39.3 Å². The number of carboxylic acids is 1. The summed E-state index contributed by atoms with van der Waals surface area (Å²) in [6.45, 7) is 5.01. The summed E-state index contributed by atoms with van der Waals surface area (Å²) < 4.78 is 20.2. The summed E-state index contributed by atoms with van der Waals surface area (Å²) in [4.78, 5) is 42.7. The summed E-state index contributed by atoms with van der Waals surface area (Å²) >= 11 is 3.40. The third-order valence-corrected chi connectivity index (χ3v) is 9.96. The highest BCUT2D eigenvalue weighted by molar-refractivity contribution is 9.10. The van der Waals surface area contributed by atoms with Crippen molar-refractivity contribution in [3.63, 3.8) is 0 Å². The van der Waals surface area contributed by atoms with E-state index in [0.717, 1.165) is 28.7 Å². The SMILES string of the molecule is CN(CCc1ccccc1)C(=O)C1=C(c2ccc(CCOc3cc(F)ccc3Br)cc2)C[C@@H]2CN(C(=O)CCC(C)(C)C(=O)O)C[C@H]1N2. The summed E-state index contributed by atoms with van der Waals surface area (Å²) in [5.74, 6) is -0.995. The molecule has 2 N–H and O–H groups in total. The van der Waals surface area contributed by atoms with E-state index in [1.165, 1.54) is 12.1 Å². The molecule has 0 saturated carbocycles. The van der Waals surface area contributed by atoms with Crippen LogP contribution in [0, 0.1) is 11.2 Å². The van der Waals surface area contributed by atoms with Crippen LogP contribution in [0.1, 0.15) is 49.8 Å². The van der Waals surface area contributed by atoms with Gasteiger partial charge in [0, 0.05) is 57.2 Å². The zero-order chi connectivity index (χ0) is 34.4. The topological polar surface area (TPSA) is 99.2 Å². The van der Waals surface area contributed by atoms with Crippen LogP contribution in [0.2, 0.25) is 0 Å². The smallest absolute Gasteiger partial charge is 0.309 e. The maximum atomic E-state index is 14.2. The van der Waals surface area contributed by atoms with Gasteiger partial charge in [-0.15, -0.1) is 0 Å². The lowest BCUT2D eigenvalue weighted by molar-refractivity contribution is -0.148. The van der Waals surface area contributed by atoms with Crippen molar-refractivity contribution in [2.45, 2.75) is 58.0 Å². The van der Waals surface area contributed by atoms with Crippen molar-refractivity contribution in [3.8, 4) is 5.75 Å². The summed E-state index contributed by atoms with van der Waals surface area (Å²) in [6, 6.07) is 22.2. The summed E-state index contributed by atoms with van der Waals surface area (Å²) in [5, 5.41) is 13.1. The highest BCUT2D eigenvalue weighted by atomic mass is 79.9. The average molecular weight is 721 g/mol. The van der Waals surface area contributed by atoms with Gasteiger partial charge in [-0.3, -0.25) is 14.4 Å². The minimum Gasteiger partial charge on any atom is -0.492 e. The van der Waals surface area contributed by atoms with Gasteiger partial charge < -0.3 is 25.0 Å². The van der Waals surface area contributed by atoms with Gasteiger partial charge in [0.05, 0.1) is 22.5 Å². The number of nitrogens with zero attached hydrogens (tertiary/aromatic N) is 2. The van der Waals surface area contributed by atoms with Crippen LogP contribution >= 0.6 is 15.9 Å². The number of halogens is 2. The Kier molecular flexibility index (Phi) is 11.4. The fraction of sp³-hybridized carbons (Fsp3) is 0.395. The second kappa shape index (κ2) is 15.5. The quantitative estimate of drug-likeness (QED) is 0.221. The fourth-order valence-corrected chi connectivity index (χ4v) is 6.60. The van der Waals surface area contributed by atoms with Gasteiger partial charge in [-0.05, 0) is 83.4 Å². The first-order valence-electron chi connectivity index (χ1n) is 16.4. The highest BCUT2D eigenvalue weighted by Crippen LogP contribution is 2.35. The minimum atomic E-state index is -0.996. The van der Waals surface area contributed by atoms with Crippen molar-refractivity contribution in [3.05, 3.63) is 105 Å². The van der Waals surface area contributed by atoms with Crippen LogP contribution in [0.15, 0.2) is 82.8 Å². The number of hydrogen-bond donors (Lipinski definition) is 2. The van der Waals surface area contributed by atoms with Crippen LogP contribution in [0.3, 0.4) is 0 Å². The Morgan fingerprint density at radius 1 is 1.02 bits per heavy atom. The Labute approximate surface area is 290 Å². The zero-order valence-electron chi connectivity index (χ0n) is 27.7. The molecule has 1 saturated heterocycles. The van der Waals surface area contributed by atoms with Crippen LogP contribution in [-0.4, -0.2) is 78.1 Å². The molecule has 5 rings (SSSR count). The molecule has 2 amide bonds. The Balaban J connectivity index is 1.34. The van der Waals surface area contributed by atoms with E-state index in [1.54, 1.807) is 29.7 Å². The van der Waals surface area contributed by atoms with E-state index >= 15 is 0 Å².